The van der Waals surface area contributed by atoms with E-state index in [1.54, 1.807) is 26.8 Å². The van der Waals surface area contributed by atoms with Gasteiger partial charge >= 0.3 is 10.1 Å². The molecule has 0 saturated heterocycles. The van der Waals surface area contributed by atoms with Gasteiger partial charge in [0.05, 0.1) is 6.61 Å². The van der Waals surface area contributed by atoms with Crippen molar-refractivity contribution in [2.24, 2.45) is 5.92 Å². The third kappa shape index (κ3) is 7.08. The maximum absolute atomic E-state index is 14.3. The van der Waals surface area contributed by atoms with Gasteiger partial charge in [0.15, 0.2) is 22.2 Å². The molecule has 0 saturated carbocycles. The van der Waals surface area contributed by atoms with Gasteiger partial charge in [-0.3, -0.25) is 4.18 Å². The Hall–Kier alpha value is -2.00. The van der Waals surface area contributed by atoms with Gasteiger partial charge in [0, 0.05) is 0 Å². The smallest absolute Gasteiger partial charge is 0.303 e. The van der Waals surface area contributed by atoms with Crippen molar-refractivity contribution >= 4 is 10.1 Å². The number of allylic oxidation sites excluding steroid dienone is 3. The Labute approximate surface area is 170 Å². The number of ether oxygens (including phenoxy) is 1. The first-order valence-corrected chi connectivity index (χ1v) is 10.5. The number of phenolic OH excluding ortho intramolecular Hbond substituents is 1. The largest absolute Gasteiger partial charge is 0.504 e. The van der Waals surface area contributed by atoms with Crippen molar-refractivity contribution in [2.45, 2.75) is 52.4 Å². The number of rotatable bonds is 10. The van der Waals surface area contributed by atoms with Crippen LogP contribution in [0.15, 0.2) is 28.2 Å². The van der Waals surface area contributed by atoms with E-state index in [4.69, 9.17) is 4.74 Å². The van der Waals surface area contributed by atoms with Crippen LogP contribution in [0.5, 0.6) is 11.5 Å². The first-order chi connectivity index (χ1) is 13.4. The lowest BCUT2D eigenvalue weighted by molar-refractivity contribution is 0.265. The fraction of sp³-hybridized carbons (Fsp3) is 0.500. The summed E-state index contributed by atoms with van der Waals surface area (Å²) in [5.74, 6) is -8.58. The second-order valence-corrected chi connectivity index (χ2v) is 8.82. The monoisotopic (exact) mass is 436 g/mol. The highest BCUT2D eigenvalue weighted by Crippen LogP contribution is 2.38. The molecule has 0 heterocycles. The molecular formula is C20H27F3O5S. The second kappa shape index (κ2) is 10.7. The summed E-state index contributed by atoms with van der Waals surface area (Å²) in [6, 6.07) is 0. The molecule has 1 aromatic carbocycles. The van der Waals surface area contributed by atoms with E-state index in [0.29, 0.717) is 6.42 Å². The predicted octanol–water partition coefficient (Wildman–Crippen LogP) is 5.24. The zero-order chi connectivity index (χ0) is 22.4. The van der Waals surface area contributed by atoms with E-state index < -0.39 is 44.0 Å². The van der Waals surface area contributed by atoms with E-state index >= 15 is 0 Å². The van der Waals surface area contributed by atoms with Crippen LogP contribution in [0, 0.1) is 23.4 Å². The number of halogens is 3. The highest BCUT2D eigenvalue weighted by atomic mass is 32.2. The standard InChI is InChI=1S/C20H27F3O5S/c1-12(2)7-6-8-14(5)9-10-27-19-15(21)16(22)20(18(24)17(19)23)29(25,26)28-11-13(3)4/h7,9,13,24H,6,8,10-11H2,1-5H3/b14-9+. The molecular weight excluding hydrogens is 409 g/mol. The molecule has 164 valence electrons. The molecule has 29 heavy (non-hydrogen) atoms. The molecule has 0 spiro atoms. The molecule has 0 fully saturated rings. The Morgan fingerprint density at radius 1 is 1.07 bits per heavy atom. The summed E-state index contributed by atoms with van der Waals surface area (Å²) in [4.78, 5) is -1.59. The van der Waals surface area contributed by atoms with Gasteiger partial charge in [-0.05, 0) is 45.6 Å². The summed E-state index contributed by atoms with van der Waals surface area (Å²) in [7, 11) is -4.91. The highest BCUT2D eigenvalue weighted by Gasteiger charge is 2.34. The van der Waals surface area contributed by atoms with Crippen LogP contribution in [-0.2, 0) is 14.3 Å². The molecule has 5 nitrogen and oxygen atoms in total. The minimum atomic E-state index is -4.91. The average Bonchev–Trinajstić information content (AvgIpc) is 2.61. The number of benzene rings is 1. The molecule has 0 amide bonds. The Balaban J connectivity index is 3.07. The van der Waals surface area contributed by atoms with Crippen molar-refractivity contribution in [1.82, 2.24) is 0 Å². The molecule has 0 bridgehead atoms. The van der Waals surface area contributed by atoms with E-state index in [1.807, 2.05) is 19.9 Å². The SMILES string of the molecule is CC(C)=CCC/C(C)=C/COc1c(F)c(O)c(S(=O)(=O)OCC(C)C)c(F)c1F. The van der Waals surface area contributed by atoms with Crippen LogP contribution in [0.3, 0.4) is 0 Å². The van der Waals surface area contributed by atoms with Crippen LogP contribution in [0.1, 0.15) is 47.5 Å². The van der Waals surface area contributed by atoms with Crippen molar-refractivity contribution in [3.05, 3.63) is 40.7 Å². The average molecular weight is 436 g/mol. The van der Waals surface area contributed by atoms with Crippen LogP contribution in [0.4, 0.5) is 13.2 Å². The summed E-state index contributed by atoms with van der Waals surface area (Å²) >= 11 is 0. The van der Waals surface area contributed by atoms with Gasteiger partial charge in [0.1, 0.15) is 6.61 Å². The number of aromatic hydroxyl groups is 1. The quantitative estimate of drug-likeness (QED) is 0.308. The van der Waals surface area contributed by atoms with Crippen molar-refractivity contribution in [2.75, 3.05) is 13.2 Å². The Morgan fingerprint density at radius 2 is 1.69 bits per heavy atom. The molecule has 0 aliphatic carbocycles. The first-order valence-electron chi connectivity index (χ1n) is 9.09. The number of phenols is 1. The van der Waals surface area contributed by atoms with E-state index in [0.717, 1.165) is 17.6 Å². The van der Waals surface area contributed by atoms with Crippen LogP contribution in [0.25, 0.3) is 0 Å². The Morgan fingerprint density at radius 3 is 2.24 bits per heavy atom. The molecule has 1 N–H and O–H groups in total. The lowest BCUT2D eigenvalue weighted by Gasteiger charge is -2.14. The lowest BCUT2D eigenvalue weighted by atomic mass is 10.1. The van der Waals surface area contributed by atoms with Gasteiger partial charge in [-0.2, -0.15) is 17.2 Å². The molecule has 0 radical (unpaired) electrons. The Kier molecular flexibility index (Phi) is 9.22. The second-order valence-electron chi connectivity index (χ2n) is 7.26. The fourth-order valence-corrected chi connectivity index (χ4v) is 3.41. The summed E-state index contributed by atoms with van der Waals surface area (Å²) in [6.07, 6.45) is 5.07. The van der Waals surface area contributed by atoms with Gasteiger partial charge in [-0.15, -0.1) is 0 Å². The van der Waals surface area contributed by atoms with E-state index in [-0.39, 0.29) is 19.1 Å². The Bertz CT molecular complexity index is 857. The van der Waals surface area contributed by atoms with Crippen LogP contribution in [0.2, 0.25) is 0 Å². The molecule has 0 aliphatic heterocycles. The molecule has 0 unspecified atom stereocenters. The highest BCUT2D eigenvalue weighted by molar-refractivity contribution is 7.86. The van der Waals surface area contributed by atoms with Crippen molar-refractivity contribution in [3.8, 4) is 11.5 Å². The summed E-state index contributed by atoms with van der Waals surface area (Å²) < 4.78 is 76.4. The van der Waals surface area contributed by atoms with Gasteiger partial charge in [-0.1, -0.05) is 31.1 Å². The van der Waals surface area contributed by atoms with Crippen LogP contribution in [-0.4, -0.2) is 26.7 Å². The summed E-state index contributed by atoms with van der Waals surface area (Å²) in [5.41, 5.74) is 2.05. The fourth-order valence-electron chi connectivity index (χ4n) is 2.20. The minimum absolute atomic E-state index is 0.251. The molecule has 0 aliphatic rings. The summed E-state index contributed by atoms with van der Waals surface area (Å²) in [5, 5.41) is 9.82. The third-order valence-corrected chi connectivity index (χ3v) is 5.09. The predicted molar refractivity (Wildman–Crippen MR) is 104 cm³/mol. The lowest BCUT2D eigenvalue weighted by Crippen LogP contribution is -2.15. The summed E-state index contributed by atoms with van der Waals surface area (Å²) in [6.45, 7) is 8.34. The normalized spacial score (nSPS) is 12.4. The van der Waals surface area contributed by atoms with Gasteiger partial charge in [0.25, 0.3) is 0 Å². The third-order valence-electron chi connectivity index (χ3n) is 3.77. The molecule has 9 heteroatoms. The number of hydrogen-bond donors (Lipinski definition) is 1. The minimum Gasteiger partial charge on any atom is -0.504 e. The first kappa shape index (κ1) is 25.0. The zero-order valence-electron chi connectivity index (χ0n) is 17.2. The molecule has 0 atom stereocenters. The van der Waals surface area contributed by atoms with Crippen molar-refractivity contribution in [1.29, 1.82) is 0 Å². The topological polar surface area (TPSA) is 72.8 Å². The van der Waals surface area contributed by atoms with Gasteiger partial charge < -0.3 is 9.84 Å². The molecule has 1 rings (SSSR count). The number of hydrogen-bond acceptors (Lipinski definition) is 5. The maximum atomic E-state index is 14.3. The van der Waals surface area contributed by atoms with E-state index in [2.05, 4.69) is 4.18 Å². The van der Waals surface area contributed by atoms with Gasteiger partial charge in [0.2, 0.25) is 11.6 Å². The van der Waals surface area contributed by atoms with Crippen molar-refractivity contribution in [3.63, 3.8) is 0 Å². The zero-order valence-corrected chi connectivity index (χ0v) is 18.0. The van der Waals surface area contributed by atoms with Crippen LogP contribution < -0.4 is 4.74 Å². The van der Waals surface area contributed by atoms with Crippen LogP contribution >= 0.6 is 0 Å². The van der Waals surface area contributed by atoms with Crippen molar-refractivity contribution < 1.29 is 35.6 Å². The van der Waals surface area contributed by atoms with Gasteiger partial charge in [-0.25, -0.2) is 4.39 Å². The van der Waals surface area contributed by atoms with E-state index in [1.165, 1.54) is 0 Å². The van der Waals surface area contributed by atoms with E-state index in [9.17, 15) is 26.7 Å². The molecule has 1 aromatic rings. The molecule has 0 aromatic heterocycles. The maximum Gasteiger partial charge on any atom is 0.303 e.